The van der Waals surface area contributed by atoms with Crippen molar-refractivity contribution >= 4 is 5.91 Å². The van der Waals surface area contributed by atoms with Crippen LogP contribution in [0.3, 0.4) is 0 Å². The number of carbonyl (C=O) groups excluding carboxylic acids is 1. The highest BCUT2D eigenvalue weighted by atomic mass is 16.5. The van der Waals surface area contributed by atoms with Gasteiger partial charge in [0.25, 0.3) is 0 Å². The van der Waals surface area contributed by atoms with Crippen molar-refractivity contribution in [2.75, 3.05) is 33.9 Å². The summed E-state index contributed by atoms with van der Waals surface area (Å²) in [5.41, 5.74) is 0.0705. The van der Waals surface area contributed by atoms with Crippen LogP contribution in [0.4, 0.5) is 0 Å². The first-order chi connectivity index (χ1) is 10.6. The number of rotatable bonds is 5. The maximum absolute atomic E-state index is 12.4. The largest absolute Gasteiger partial charge is 0.381 e. The van der Waals surface area contributed by atoms with E-state index in [9.17, 15) is 4.79 Å². The van der Waals surface area contributed by atoms with Crippen LogP contribution >= 0.6 is 0 Å². The number of carbonyl (C=O) groups is 1. The van der Waals surface area contributed by atoms with Gasteiger partial charge in [-0.25, -0.2) is 0 Å². The number of piperidine rings is 1. The third-order valence-electron chi connectivity index (χ3n) is 6.03. The van der Waals surface area contributed by atoms with Crippen LogP contribution in [0.5, 0.6) is 0 Å². The van der Waals surface area contributed by atoms with Gasteiger partial charge in [0.15, 0.2) is 0 Å². The molecule has 2 atom stereocenters. The number of hydrogen-bond donors (Lipinski definition) is 2. The monoisotopic (exact) mass is 309 g/mol. The zero-order valence-electron chi connectivity index (χ0n) is 14.1. The predicted octanol–water partition coefficient (Wildman–Crippen LogP) is 1.13. The van der Waals surface area contributed by atoms with Gasteiger partial charge in [0.1, 0.15) is 0 Å². The summed E-state index contributed by atoms with van der Waals surface area (Å²) in [7, 11) is 4.23. The minimum atomic E-state index is 0.0705. The molecule has 1 amide bonds. The number of fused-ring (bicyclic) bond motifs is 2. The van der Waals surface area contributed by atoms with E-state index in [-0.39, 0.29) is 11.4 Å². The Labute approximate surface area is 134 Å². The van der Waals surface area contributed by atoms with Gasteiger partial charge >= 0.3 is 0 Å². The first kappa shape index (κ1) is 16.2. The molecular weight excluding hydrogens is 278 g/mol. The van der Waals surface area contributed by atoms with Crippen molar-refractivity contribution in [3.05, 3.63) is 0 Å². The molecule has 3 rings (SSSR count). The number of ether oxygens (including phenoxy) is 1. The molecule has 2 N–H and O–H groups in total. The minimum absolute atomic E-state index is 0.0705. The predicted molar refractivity (Wildman–Crippen MR) is 86.8 cm³/mol. The highest BCUT2D eigenvalue weighted by Gasteiger charge is 2.36. The first-order valence-corrected chi connectivity index (χ1v) is 8.85. The van der Waals surface area contributed by atoms with Crippen LogP contribution in [0, 0.1) is 5.92 Å². The Bertz CT molecular complexity index is 381. The van der Waals surface area contributed by atoms with Gasteiger partial charge in [-0.2, -0.15) is 0 Å². The molecule has 0 radical (unpaired) electrons. The molecule has 22 heavy (non-hydrogen) atoms. The summed E-state index contributed by atoms with van der Waals surface area (Å²) in [6.45, 7) is 2.34. The molecule has 0 aromatic rings. The van der Waals surface area contributed by atoms with E-state index in [1.807, 2.05) is 0 Å². The van der Waals surface area contributed by atoms with Crippen LogP contribution in [-0.4, -0.2) is 62.3 Å². The molecule has 0 spiro atoms. The Morgan fingerprint density at radius 2 is 1.86 bits per heavy atom. The lowest BCUT2D eigenvalue weighted by molar-refractivity contribution is -0.123. The molecule has 0 aromatic heterocycles. The molecule has 126 valence electrons. The maximum Gasteiger partial charge on any atom is 0.220 e. The number of likely N-dealkylation sites (N-methyl/N-ethyl adjacent to an activating group) is 1. The summed E-state index contributed by atoms with van der Waals surface area (Å²) in [5, 5.41) is 6.86. The first-order valence-electron chi connectivity index (χ1n) is 8.85. The standard InChI is InChI=1S/C17H31N3O2/c1-20(2)17(5-7-22-8-6-17)12-18-16(21)11-13-9-14-3-4-15(10-13)19-14/h13-15,19H,3-12H2,1-2H3,(H,18,21). The zero-order chi connectivity index (χ0) is 15.6. The van der Waals surface area contributed by atoms with E-state index >= 15 is 0 Å². The zero-order valence-corrected chi connectivity index (χ0v) is 14.1. The second-order valence-electron chi connectivity index (χ2n) is 7.69. The maximum atomic E-state index is 12.4. The highest BCUT2D eigenvalue weighted by molar-refractivity contribution is 5.76. The SMILES string of the molecule is CN(C)C1(CNC(=O)CC2CC3CCC(C2)N3)CCOCC1. The number of hydrogen-bond acceptors (Lipinski definition) is 4. The van der Waals surface area contributed by atoms with Gasteiger partial charge in [0, 0.05) is 43.8 Å². The molecule has 0 saturated carbocycles. The van der Waals surface area contributed by atoms with Crippen molar-refractivity contribution in [2.45, 2.75) is 62.6 Å². The van der Waals surface area contributed by atoms with Crippen LogP contribution in [0.1, 0.15) is 44.9 Å². The Morgan fingerprint density at radius 1 is 1.23 bits per heavy atom. The lowest BCUT2D eigenvalue weighted by Gasteiger charge is -2.43. The molecule has 0 aromatic carbocycles. The number of nitrogens with zero attached hydrogens (tertiary/aromatic N) is 1. The van der Waals surface area contributed by atoms with E-state index in [1.54, 1.807) is 0 Å². The van der Waals surface area contributed by atoms with Crippen LogP contribution in [-0.2, 0) is 9.53 Å². The van der Waals surface area contributed by atoms with E-state index in [2.05, 4.69) is 29.6 Å². The molecule has 3 aliphatic rings. The van der Waals surface area contributed by atoms with Gasteiger partial charge in [-0.3, -0.25) is 4.79 Å². The lowest BCUT2D eigenvalue weighted by atomic mass is 9.87. The van der Waals surface area contributed by atoms with E-state index in [0.717, 1.165) is 32.6 Å². The normalized spacial score (nSPS) is 33.9. The molecule has 2 bridgehead atoms. The van der Waals surface area contributed by atoms with Gasteiger partial charge in [-0.05, 0) is 58.5 Å². The fraction of sp³-hybridized carbons (Fsp3) is 0.941. The summed E-state index contributed by atoms with van der Waals surface area (Å²) >= 11 is 0. The molecule has 3 fully saturated rings. The third kappa shape index (κ3) is 3.63. The Balaban J connectivity index is 1.47. The second kappa shape index (κ2) is 6.85. The third-order valence-corrected chi connectivity index (χ3v) is 6.03. The summed E-state index contributed by atoms with van der Waals surface area (Å²) in [4.78, 5) is 14.6. The minimum Gasteiger partial charge on any atom is -0.381 e. The van der Waals surface area contributed by atoms with E-state index in [4.69, 9.17) is 4.74 Å². The highest BCUT2D eigenvalue weighted by Crippen LogP contribution is 2.32. The van der Waals surface area contributed by atoms with Crippen LogP contribution in [0.2, 0.25) is 0 Å². The van der Waals surface area contributed by atoms with Crippen molar-refractivity contribution in [1.82, 2.24) is 15.5 Å². The van der Waals surface area contributed by atoms with Gasteiger partial charge < -0.3 is 20.3 Å². The van der Waals surface area contributed by atoms with Crippen molar-refractivity contribution in [3.63, 3.8) is 0 Å². The quantitative estimate of drug-likeness (QED) is 0.799. The smallest absolute Gasteiger partial charge is 0.220 e. The summed E-state index contributed by atoms with van der Waals surface area (Å²) in [6, 6.07) is 1.33. The summed E-state index contributed by atoms with van der Waals surface area (Å²) in [5.74, 6) is 0.808. The van der Waals surface area contributed by atoms with E-state index < -0.39 is 0 Å². The van der Waals surface area contributed by atoms with Crippen LogP contribution in [0.25, 0.3) is 0 Å². The Morgan fingerprint density at radius 3 is 2.45 bits per heavy atom. The van der Waals surface area contributed by atoms with Crippen molar-refractivity contribution in [1.29, 1.82) is 0 Å². The molecule has 3 heterocycles. The van der Waals surface area contributed by atoms with Crippen LogP contribution < -0.4 is 10.6 Å². The Hall–Kier alpha value is -0.650. The number of amides is 1. The van der Waals surface area contributed by atoms with Gasteiger partial charge in [-0.1, -0.05) is 0 Å². The van der Waals surface area contributed by atoms with Gasteiger partial charge in [0.05, 0.1) is 0 Å². The fourth-order valence-electron chi connectivity index (χ4n) is 4.47. The molecule has 5 nitrogen and oxygen atoms in total. The topological polar surface area (TPSA) is 53.6 Å². The van der Waals surface area contributed by atoms with Gasteiger partial charge in [0.2, 0.25) is 5.91 Å². The second-order valence-corrected chi connectivity index (χ2v) is 7.69. The average Bonchev–Trinajstić information content (AvgIpc) is 2.85. The molecule has 3 saturated heterocycles. The summed E-state index contributed by atoms with van der Waals surface area (Å²) < 4.78 is 5.49. The van der Waals surface area contributed by atoms with E-state index in [1.165, 1.54) is 25.7 Å². The molecule has 3 aliphatic heterocycles. The summed E-state index contributed by atoms with van der Waals surface area (Å²) in [6.07, 6.45) is 7.65. The van der Waals surface area contributed by atoms with E-state index in [0.29, 0.717) is 24.4 Å². The average molecular weight is 309 g/mol. The number of nitrogens with one attached hydrogen (secondary N) is 2. The van der Waals surface area contributed by atoms with Gasteiger partial charge in [-0.15, -0.1) is 0 Å². The molecule has 2 unspecified atom stereocenters. The van der Waals surface area contributed by atoms with Crippen LogP contribution in [0.15, 0.2) is 0 Å². The molecular formula is C17H31N3O2. The molecule has 0 aliphatic carbocycles. The van der Waals surface area contributed by atoms with Crippen molar-refractivity contribution in [3.8, 4) is 0 Å². The fourth-order valence-corrected chi connectivity index (χ4v) is 4.47. The lowest BCUT2D eigenvalue weighted by Crippen LogP contribution is -2.55. The Kier molecular flexibility index (Phi) is 5.05. The van der Waals surface area contributed by atoms with Crippen molar-refractivity contribution in [2.24, 2.45) is 5.92 Å². The molecule has 5 heteroatoms. The van der Waals surface area contributed by atoms with Crippen molar-refractivity contribution < 1.29 is 9.53 Å².